The van der Waals surface area contributed by atoms with Crippen LogP contribution in [0.1, 0.15) is 24.8 Å². The lowest BCUT2D eigenvalue weighted by molar-refractivity contribution is -0.122. The van der Waals surface area contributed by atoms with E-state index in [0.717, 1.165) is 19.3 Å². The van der Waals surface area contributed by atoms with Crippen molar-refractivity contribution < 1.29 is 9.59 Å². The van der Waals surface area contributed by atoms with Crippen molar-refractivity contribution in [3.63, 3.8) is 0 Å². The van der Waals surface area contributed by atoms with Crippen molar-refractivity contribution in [1.29, 1.82) is 0 Å². The fourth-order valence-corrected chi connectivity index (χ4v) is 3.28. The van der Waals surface area contributed by atoms with Gasteiger partial charge in [0.2, 0.25) is 11.8 Å². The molecular weight excluding hydrogens is 260 g/mol. The van der Waals surface area contributed by atoms with Crippen molar-refractivity contribution in [1.82, 2.24) is 0 Å². The molecule has 1 heterocycles. The van der Waals surface area contributed by atoms with Crippen LogP contribution in [0.15, 0.2) is 24.3 Å². The predicted molar refractivity (Wildman–Crippen MR) is 75.7 cm³/mol. The highest BCUT2D eigenvalue weighted by Gasteiger charge is 2.50. The van der Waals surface area contributed by atoms with Gasteiger partial charge in [-0.05, 0) is 25.0 Å². The summed E-state index contributed by atoms with van der Waals surface area (Å²) in [5, 5.41) is 0. The standard InChI is InChI=1S/C14H14N2O2S/c15-12(19)10-4-1-2-7-11(10)16-13(17)8-5-3-6-9(8)14(16)18/h1-2,4,7-9H,3,5-6H2,(H2,15,19). The Morgan fingerprint density at radius 1 is 1.16 bits per heavy atom. The van der Waals surface area contributed by atoms with Gasteiger partial charge in [-0.25, -0.2) is 4.90 Å². The zero-order chi connectivity index (χ0) is 13.6. The quantitative estimate of drug-likeness (QED) is 0.657. The number of amides is 2. The molecular formula is C14H14N2O2S. The first-order valence-electron chi connectivity index (χ1n) is 6.38. The van der Waals surface area contributed by atoms with E-state index < -0.39 is 0 Å². The van der Waals surface area contributed by atoms with E-state index >= 15 is 0 Å². The number of fused-ring (bicyclic) bond motifs is 1. The van der Waals surface area contributed by atoms with Crippen molar-refractivity contribution in [3.8, 4) is 0 Å². The lowest BCUT2D eigenvalue weighted by Crippen LogP contribution is -2.33. The average molecular weight is 274 g/mol. The number of rotatable bonds is 2. The Labute approximate surface area is 116 Å². The predicted octanol–water partition coefficient (Wildman–Crippen LogP) is 1.61. The lowest BCUT2D eigenvalue weighted by Gasteiger charge is -2.19. The minimum atomic E-state index is -0.146. The maximum absolute atomic E-state index is 12.4. The fraction of sp³-hybridized carbons (Fsp3) is 0.357. The van der Waals surface area contributed by atoms with Gasteiger partial charge in [-0.15, -0.1) is 0 Å². The van der Waals surface area contributed by atoms with Gasteiger partial charge in [0, 0.05) is 5.56 Å². The van der Waals surface area contributed by atoms with Crippen molar-refractivity contribution >= 4 is 34.7 Å². The summed E-state index contributed by atoms with van der Waals surface area (Å²) in [5.41, 5.74) is 6.78. The number of carbonyl (C=O) groups excluding carboxylic acids is 2. The van der Waals surface area contributed by atoms with Crippen molar-refractivity contribution in [2.75, 3.05) is 4.90 Å². The molecule has 1 aliphatic heterocycles. The van der Waals surface area contributed by atoms with Gasteiger partial charge in [-0.3, -0.25) is 9.59 Å². The molecule has 1 aliphatic carbocycles. The molecule has 1 aromatic carbocycles. The lowest BCUT2D eigenvalue weighted by atomic mass is 10.00. The van der Waals surface area contributed by atoms with Crippen LogP contribution in [-0.4, -0.2) is 16.8 Å². The maximum Gasteiger partial charge on any atom is 0.237 e. The number of carbonyl (C=O) groups is 2. The summed E-state index contributed by atoms with van der Waals surface area (Å²) >= 11 is 4.99. The van der Waals surface area contributed by atoms with E-state index in [-0.39, 0.29) is 28.6 Å². The van der Waals surface area contributed by atoms with Gasteiger partial charge in [-0.1, -0.05) is 30.8 Å². The second-order valence-electron chi connectivity index (χ2n) is 5.04. The zero-order valence-electron chi connectivity index (χ0n) is 10.3. The molecule has 19 heavy (non-hydrogen) atoms. The van der Waals surface area contributed by atoms with Crippen LogP contribution in [0, 0.1) is 11.8 Å². The molecule has 2 fully saturated rings. The SMILES string of the molecule is NC(=S)c1ccccc1N1C(=O)C2CCCC2C1=O. The summed E-state index contributed by atoms with van der Waals surface area (Å²) in [4.78, 5) is 26.3. The van der Waals surface area contributed by atoms with Crippen molar-refractivity contribution in [2.24, 2.45) is 17.6 Å². The fourth-order valence-electron chi connectivity index (χ4n) is 3.11. The number of anilines is 1. The molecule has 2 aliphatic rings. The Morgan fingerprint density at radius 3 is 2.32 bits per heavy atom. The Kier molecular flexibility index (Phi) is 2.86. The number of thiocarbonyl (C=S) groups is 1. The molecule has 1 saturated carbocycles. The van der Waals surface area contributed by atoms with Crippen LogP contribution in [0.25, 0.3) is 0 Å². The molecule has 2 N–H and O–H groups in total. The summed E-state index contributed by atoms with van der Waals surface area (Å²) in [6.45, 7) is 0. The highest BCUT2D eigenvalue weighted by molar-refractivity contribution is 7.80. The van der Waals surface area contributed by atoms with E-state index in [2.05, 4.69) is 0 Å². The van der Waals surface area contributed by atoms with Gasteiger partial charge >= 0.3 is 0 Å². The van der Waals surface area contributed by atoms with E-state index in [1.165, 1.54) is 4.90 Å². The Hall–Kier alpha value is -1.75. The van der Waals surface area contributed by atoms with Crippen molar-refractivity contribution in [2.45, 2.75) is 19.3 Å². The molecule has 4 nitrogen and oxygen atoms in total. The third-order valence-electron chi connectivity index (χ3n) is 4.00. The molecule has 0 bridgehead atoms. The Bertz CT molecular complexity index is 563. The van der Waals surface area contributed by atoms with E-state index in [9.17, 15) is 9.59 Å². The van der Waals surface area contributed by atoms with Crippen LogP contribution in [0.3, 0.4) is 0 Å². The van der Waals surface area contributed by atoms with Crippen LogP contribution in [0.2, 0.25) is 0 Å². The molecule has 2 unspecified atom stereocenters. The second-order valence-corrected chi connectivity index (χ2v) is 5.48. The van der Waals surface area contributed by atoms with E-state index in [0.29, 0.717) is 11.3 Å². The van der Waals surface area contributed by atoms with Gasteiger partial charge in [0.1, 0.15) is 4.99 Å². The topological polar surface area (TPSA) is 63.4 Å². The molecule has 5 heteroatoms. The average Bonchev–Trinajstić information content (AvgIpc) is 2.95. The van der Waals surface area contributed by atoms with Crippen LogP contribution in [-0.2, 0) is 9.59 Å². The van der Waals surface area contributed by atoms with Gasteiger partial charge in [0.05, 0.1) is 17.5 Å². The van der Waals surface area contributed by atoms with E-state index in [1.807, 2.05) is 0 Å². The number of para-hydroxylation sites is 1. The molecule has 0 spiro atoms. The smallest absolute Gasteiger partial charge is 0.237 e. The number of nitrogens with two attached hydrogens (primary N) is 1. The third kappa shape index (κ3) is 1.76. The molecule has 0 radical (unpaired) electrons. The normalized spacial score (nSPS) is 25.8. The van der Waals surface area contributed by atoms with Gasteiger partial charge in [0.25, 0.3) is 0 Å². The van der Waals surface area contributed by atoms with E-state index in [4.69, 9.17) is 18.0 Å². The third-order valence-corrected chi connectivity index (χ3v) is 4.22. The van der Waals surface area contributed by atoms with Gasteiger partial charge < -0.3 is 5.73 Å². The molecule has 2 amide bonds. The van der Waals surface area contributed by atoms with Crippen LogP contribution < -0.4 is 10.6 Å². The number of imide groups is 1. The molecule has 3 rings (SSSR count). The van der Waals surface area contributed by atoms with E-state index in [1.54, 1.807) is 24.3 Å². The Balaban J connectivity index is 2.06. The summed E-state index contributed by atoms with van der Waals surface area (Å²) in [5.74, 6) is -0.494. The Morgan fingerprint density at radius 2 is 1.74 bits per heavy atom. The highest BCUT2D eigenvalue weighted by atomic mass is 32.1. The number of nitrogens with zero attached hydrogens (tertiary/aromatic N) is 1. The van der Waals surface area contributed by atoms with Crippen LogP contribution >= 0.6 is 12.2 Å². The summed E-state index contributed by atoms with van der Waals surface area (Å²) in [6, 6.07) is 7.05. The van der Waals surface area contributed by atoms with Gasteiger partial charge in [-0.2, -0.15) is 0 Å². The summed E-state index contributed by atoms with van der Waals surface area (Å²) in [6.07, 6.45) is 2.57. The van der Waals surface area contributed by atoms with Crippen molar-refractivity contribution in [3.05, 3.63) is 29.8 Å². The first kappa shape index (κ1) is 12.3. The zero-order valence-corrected chi connectivity index (χ0v) is 11.2. The minimum absolute atomic E-state index is 0.101. The minimum Gasteiger partial charge on any atom is -0.389 e. The van der Waals surface area contributed by atoms with Crippen LogP contribution in [0.5, 0.6) is 0 Å². The van der Waals surface area contributed by atoms with Crippen LogP contribution in [0.4, 0.5) is 5.69 Å². The molecule has 2 atom stereocenters. The molecule has 1 saturated heterocycles. The first-order valence-corrected chi connectivity index (χ1v) is 6.78. The number of benzene rings is 1. The number of hydrogen-bond acceptors (Lipinski definition) is 3. The first-order chi connectivity index (χ1) is 9.11. The largest absolute Gasteiger partial charge is 0.389 e. The highest BCUT2D eigenvalue weighted by Crippen LogP contribution is 2.42. The van der Waals surface area contributed by atoms with Gasteiger partial charge in [0.15, 0.2) is 0 Å². The maximum atomic E-state index is 12.4. The summed E-state index contributed by atoms with van der Waals surface area (Å²) < 4.78 is 0. The monoisotopic (exact) mass is 274 g/mol. The molecule has 98 valence electrons. The molecule has 1 aromatic rings. The summed E-state index contributed by atoms with van der Waals surface area (Å²) in [7, 11) is 0. The second kappa shape index (κ2) is 4.42. The molecule has 0 aromatic heterocycles. The number of hydrogen-bond donors (Lipinski definition) is 1.